The van der Waals surface area contributed by atoms with Crippen LogP contribution in [0.3, 0.4) is 0 Å². The van der Waals surface area contributed by atoms with Gasteiger partial charge in [0.15, 0.2) is 0 Å². The van der Waals surface area contributed by atoms with E-state index >= 15 is 0 Å². The van der Waals surface area contributed by atoms with Crippen molar-refractivity contribution in [3.63, 3.8) is 0 Å². The van der Waals surface area contributed by atoms with Gasteiger partial charge in [0.25, 0.3) is 0 Å². The van der Waals surface area contributed by atoms with E-state index in [1.807, 2.05) is 24.3 Å². The Bertz CT molecular complexity index is 1470. The minimum absolute atomic E-state index is 0.147. The van der Waals surface area contributed by atoms with E-state index in [0.29, 0.717) is 28.0 Å². The van der Waals surface area contributed by atoms with E-state index in [-0.39, 0.29) is 13.1 Å². The van der Waals surface area contributed by atoms with Crippen LogP contribution in [0.15, 0.2) is 102 Å². The number of nitrogens with zero attached hydrogens (tertiary/aromatic N) is 4. The number of aromatic nitrogens is 3. The number of para-hydroxylation sites is 1. The number of anilines is 1. The third-order valence-electron chi connectivity index (χ3n) is 5.72. The number of halogens is 1. The second kappa shape index (κ2) is 10.2. The molecule has 3 aromatic carbocycles. The molecule has 0 saturated heterocycles. The number of nitrogens with one attached hydrogen (secondary N) is 1. The molecular formula is C27H22FN5O3. The van der Waals surface area contributed by atoms with Crippen LogP contribution in [0.5, 0.6) is 0 Å². The van der Waals surface area contributed by atoms with Gasteiger partial charge in [-0.05, 0) is 54.1 Å². The topological polar surface area (TPSA) is 93.3 Å². The lowest BCUT2D eigenvalue weighted by Gasteiger charge is -2.31. The minimum Gasteiger partial charge on any atom is -0.467 e. The molecule has 1 atom stereocenters. The lowest BCUT2D eigenvalue weighted by molar-refractivity contribution is -0.127. The first kappa shape index (κ1) is 23.0. The van der Waals surface area contributed by atoms with Crippen LogP contribution in [0.4, 0.5) is 10.1 Å². The summed E-state index contributed by atoms with van der Waals surface area (Å²) in [5.41, 5.74) is 2.29. The van der Waals surface area contributed by atoms with Gasteiger partial charge in [-0.2, -0.15) is 0 Å². The quantitative estimate of drug-likeness (QED) is 0.356. The molecule has 0 radical (unpaired) electrons. The Labute approximate surface area is 205 Å². The zero-order chi connectivity index (χ0) is 24.9. The van der Waals surface area contributed by atoms with Crippen LogP contribution in [0, 0.1) is 5.82 Å². The Morgan fingerprint density at radius 2 is 1.69 bits per heavy atom. The highest BCUT2D eigenvalue weighted by Crippen LogP contribution is 2.29. The van der Waals surface area contributed by atoms with E-state index in [2.05, 4.69) is 15.6 Å². The van der Waals surface area contributed by atoms with Crippen LogP contribution >= 0.6 is 0 Å². The highest BCUT2D eigenvalue weighted by molar-refractivity contribution is 6.01. The molecule has 0 saturated carbocycles. The first-order valence-electron chi connectivity index (χ1n) is 11.3. The number of carbonyl (C=O) groups excluding carboxylic acids is 2. The van der Waals surface area contributed by atoms with Crippen LogP contribution in [0.1, 0.15) is 17.4 Å². The smallest absolute Gasteiger partial charge is 0.249 e. The molecule has 8 nitrogen and oxygen atoms in total. The number of fused-ring (bicyclic) bond motifs is 1. The maximum Gasteiger partial charge on any atom is 0.249 e. The van der Waals surface area contributed by atoms with Crippen molar-refractivity contribution < 1.29 is 18.4 Å². The fourth-order valence-electron chi connectivity index (χ4n) is 4.01. The van der Waals surface area contributed by atoms with Crippen LogP contribution in [0.2, 0.25) is 0 Å². The summed E-state index contributed by atoms with van der Waals surface area (Å²) in [6.45, 7) is -0.0268. The van der Waals surface area contributed by atoms with Gasteiger partial charge in [-0.15, -0.1) is 5.10 Å². The van der Waals surface area contributed by atoms with Crippen LogP contribution in [-0.2, 0) is 22.7 Å². The van der Waals surface area contributed by atoms with Crippen molar-refractivity contribution in [2.24, 2.45) is 0 Å². The van der Waals surface area contributed by atoms with Crippen molar-refractivity contribution in [1.82, 2.24) is 20.3 Å². The molecule has 2 aromatic heterocycles. The molecule has 1 N–H and O–H groups in total. The second-order valence-corrected chi connectivity index (χ2v) is 8.09. The van der Waals surface area contributed by atoms with Crippen LogP contribution in [0.25, 0.3) is 11.0 Å². The highest BCUT2D eigenvalue weighted by atomic mass is 19.1. The Balaban J connectivity index is 1.54. The summed E-state index contributed by atoms with van der Waals surface area (Å²) < 4.78 is 20.6. The summed E-state index contributed by atoms with van der Waals surface area (Å²) in [5, 5.41) is 11.1. The second-order valence-electron chi connectivity index (χ2n) is 8.09. The standard InChI is InChI=1S/C27H22FN5O3/c28-20-12-14-21(15-13-20)33(25(34)18-32-24-11-5-4-10-23(24)30-31-32)26(19-7-2-1-3-8-19)27(35)29-17-22-9-6-16-36-22/h1-16,26H,17-18H2,(H,29,35)/t26-/m0/s1. The van der Waals surface area contributed by atoms with Gasteiger partial charge in [0.05, 0.1) is 18.3 Å². The number of benzene rings is 3. The predicted octanol–water partition coefficient (Wildman–Crippen LogP) is 4.25. The summed E-state index contributed by atoms with van der Waals surface area (Å²) in [6, 6.07) is 24.1. The van der Waals surface area contributed by atoms with E-state index in [9.17, 15) is 14.0 Å². The van der Waals surface area contributed by atoms with Gasteiger partial charge in [-0.25, -0.2) is 9.07 Å². The Morgan fingerprint density at radius 3 is 2.44 bits per heavy atom. The van der Waals surface area contributed by atoms with Crippen molar-refractivity contribution in [2.75, 3.05) is 4.90 Å². The van der Waals surface area contributed by atoms with Crippen molar-refractivity contribution in [1.29, 1.82) is 0 Å². The molecule has 0 aliphatic rings. The van der Waals surface area contributed by atoms with Crippen LogP contribution < -0.4 is 10.2 Å². The molecule has 5 aromatic rings. The normalized spacial score (nSPS) is 11.8. The molecule has 5 rings (SSSR count). The molecule has 0 unspecified atom stereocenters. The molecular weight excluding hydrogens is 461 g/mol. The number of furan rings is 1. The van der Waals surface area contributed by atoms with E-state index in [4.69, 9.17) is 4.42 Å². The van der Waals surface area contributed by atoms with E-state index in [0.717, 1.165) is 0 Å². The number of amides is 2. The third-order valence-corrected chi connectivity index (χ3v) is 5.72. The maximum absolute atomic E-state index is 13.8. The number of hydrogen-bond acceptors (Lipinski definition) is 5. The number of hydrogen-bond donors (Lipinski definition) is 1. The first-order valence-corrected chi connectivity index (χ1v) is 11.3. The molecule has 0 fully saturated rings. The molecule has 0 aliphatic carbocycles. The minimum atomic E-state index is -1.03. The van der Waals surface area contributed by atoms with Gasteiger partial charge in [0.1, 0.15) is 29.7 Å². The van der Waals surface area contributed by atoms with E-state index in [1.165, 1.54) is 40.1 Å². The molecule has 0 aliphatic heterocycles. The van der Waals surface area contributed by atoms with Crippen molar-refractivity contribution in [3.05, 3.63) is 114 Å². The van der Waals surface area contributed by atoms with E-state index in [1.54, 1.807) is 42.5 Å². The van der Waals surface area contributed by atoms with Gasteiger partial charge in [-0.1, -0.05) is 47.7 Å². The summed E-state index contributed by atoms with van der Waals surface area (Å²) in [6.07, 6.45) is 1.52. The molecule has 180 valence electrons. The molecule has 0 spiro atoms. The third kappa shape index (κ3) is 4.85. The zero-order valence-electron chi connectivity index (χ0n) is 19.1. The Hall–Kier alpha value is -4.79. The summed E-state index contributed by atoms with van der Waals surface area (Å²) in [7, 11) is 0. The predicted molar refractivity (Wildman–Crippen MR) is 131 cm³/mol. The zero-order valence-corrected chi connectivity index (χ0v) is 19.1. The summed E-state index contributed by atoms with van der Waals surface area (Å²) in [4.78, 5) is 28.8. The van der Waals surface area contributed by atoms with Crippen LogP contribution in [-0.4, -0.2) is 26.8 Å². The first-order chi connectivity index (χ1) is 17.6. The maximum atomic E-state index is 13.8. The van der Waals surface area contributed by atoms with E-state index < -0.39 is 23.7 Å². The summed E-state index contributed by atoms with van der Waals surface area (Å²) >= 11 is 0. The van der Waals surface area contributed by atoms with Gasteiger partial charge >= 0.3 is 0 Å². The Morgan fingerprint density at radius 1 is 0.944 bits per heavy atom. The number of rotatable bonds is 8. The van der Waals surface area contributed by atoms with Gasteiger partial charge in [0, 0.05) is 5.69 Å². The lowest BCUT2D eigenvalue weighted by atomic mass is 10.0. The Kier molecular flexibility index (Phi) is 6.53. The highest BCUT2D eigenvalue weighted by Gasteiger charge is 2.33. The summed E-state index contributed by atoms with van der Waals surface area (Å²) in [5.74, 6) is -0.714. The molecule has 2 heterocycles. The van der Waals surface area contributed by atoms with Gasteiger partial charge in [-0.3, -0.25) is 14.5 Å². The fourth-order valence-corrected chi connectivity index (χ4v) is 4.01. The van der Waals surface area contributed by atoms with Gasteiger partial charge < -0.3 is 9.73 Å². The largest absolute Gasteiger partial charge is 0.467 e. The SMILES string of the molecule is O=C(NCc1ccco1)[C@H](c1ccccc1)N(C(=O)Cn1nnc2ccccc21)c1ccc(F)cc1. The molecule has 9 heteroatoms. The molecule has 36 heavy (non-hydrogen) atoms. The lowest BCUT2D eigenvalue weighted by Crippen LogP contribution is -2.45. The monoisotopic (exact) mass is 483 g/mol. The average molecular weight is 484 g/mol. The molecule has 2 amide bonds. The average Bonchev–Trinajstić information content (AvgIpc) is 3.57. The molecule has 0 bridgehead atoms. The van der Waals surface area contributed by atoms with Gasteiger partial charge in [0.2, 0.25) is 11.8 Å². The van der Waals surface area contributed by atoms with Crippen molar-refractivity contribution in [3.8, 4) is 0 Å². The van der Waals surface area contributed by atoms with Crippen molar-refractivity contribution in [2.45, 2.75) is 19.1 Å². The number of carbonyl (C=O) groups is 2. The van der Waals surface area contributed by atoms with Crippen molar-refractivity contribution >= 4 is 28.5 Å². The fraction of sp³-hybridized carbons (Fsp3) is 0.111.